The van der Waals surface area contributed by atoms with Crippen molar-refractivity contribution in [3.8, 4) is 34.5 Å². The molecule has 7 heteroatoms. The second-order valence-electron chi connectivity index (χ2n) is 7.20. The number of hydrogen-bond acceptors (Lipinski definition) is 7. The van der Waals surface area contributed by atoms with Gasteiger partial charge in [-0.25, -0.2) is 0 Å². The Bertz CT molecular complexity index is 758. The lowest BCUT2D eigenvalue weighted by Gasteiger charge is -2.23. The van der Waals surface area contributed by atoms with Gasteiger partial charge in [-0.15, -0.1) is 0 Å². The predicted molar refractivity (Wildman–Crippen MR) is 113 cm³/mol. The quantitative estimate of drug-likeness (QED) is 0.700. The number of benzene rings is 2. The summed E-state index contributed by atoms with van der Waals surface area (Å²) in [7, 11) is 9.50. The van der Waals surface area contributed by atoms with Crippen molar-refractivity contribution < 1.29 is 33.5 Å². The van der Waals surface area contributed by atoms with E-state index in [1.54, 1.807) is 42.7 Å². The highest BCUT2D eigenvalue weighted by Crippen LogP contribution is 2.50. The Hall–Kier alpha value is -2.80. The smallest absolute Gasteiger partial charge is 0.203 e. The molecular formula is C23H30O7. The van der Waals surface area contributed by atoms with E-state index in [1.165, 1.54) is 0 Å². The third kappa shape index (κ3) is 3.81. The van der Waals surface area contributed by atoms with Gasteiger partial charge in [0.25, 0.3) is 0 Å². The highest BCUT2D eigenvalue weighted by Gasteiger charge is 2.38. The molecule has 2 aromatic carbocycles. The van der Waals surface area contributed by atoms with Crippen LogP contribution >= 0.6 is 0 Å². The van der Waals surface area contributed by atoms with Crippen LogP contribution in [0.4, 0.5) is 0 Å². The SMILES string of the molecule is COc1cc([C@H]2CC[C@@H](c3cc(OC)c(OC)c(OC)c3)C2O)cc(OC)c1OC. The fourth-order valence-corrected chi connectivity index (χ4v) is 4.34. The van der Waals surface area contributed by atoms with Crippen molar-refractivity contribution in [3.05, 3.63) is 35.4 Å². The molecule has 1 N–H and O–H groups in total. The molecule has 0 saturated heterocycles. The maximum atomic E-state index is 11.2. The summed E-state index contributed by atoms with van der Waals surface area (Å²) in [4.78, 5) is 0. The first-order chi connectivity index (χ1) is 14.5. The second-order valence-corrected chi connectivity index (χ2v) is 7.20. The summed E-state index contributed by atoms with van der Waals surface area (Å²) in [6, 6.07) is 7.64. The number of aliphatic hydroxyl groups excluding tert-OH is 1. The highest BCUT2D eigenvalue weighted by molar-refractivity contribution is 5.56. The van der Waals surface area contributed by atoms with Gasteiger partial charge >= 0.3 is 0 Å². The molecule has 3 atom stereocenters. The molecule has 0 heterocycles. The summed E-state index contributed by atoms with van der Waals surface area (Å²) in [5.41, 5.74) is 1.90. The zero-order chi connectivity index (χ0) is 21.8. The van der Waals surface area contributed by atoms with E-state index in [2.05, 4.69) is 0 Å². The van der Waals surface area contributed by atoms with Crippen LogP contribution in [0.15, 0.2) is 24.3 Å². The number of aliphatic hydroxyl groups is 1. The summed E-state index contributed by atoms with van der Waals surface area (Å²) in [6.07, 6.45) is 1.05. The lowest BCUT2D eigenvalue weighted by atomic mass is 9.89. The highest BCUT2D eigenvalue weighted by atomic mass is 16.5. The van der Waals surface area contributed by atoms with Gasteiger partial charge in [0.1, 0.15) is 0 Å². The molecule has 1 unspecified atom stereocenters. The normalized spacial score (nSPS) is 20.6. The summed E-state index contributed by atoms with van der Waals surface area (Å²) in [5, 5.41) is 11.2. The third-order valence-electron chi connectivity index (χ3n) is 5.84. The van der Waals surface area contributed by atoms with Gasteiger partial charge in [-0.1, -0.05) is 0 Å². The summed E-state index contributed by atoms with van der Waals surface area (Å²) >= 11 is 0. The standard InChI is InChI=1S/C23H30O7/c1-25-17-9-13(10-18(26-2)22(17)29-5)15-7-8-16(21(15)24)14-11-19(27-3)23(30-6)20(12-14)28-4/h9-12,15-16,21,24H,7-8H2,1-6H3/t15-,16+,21?. The zero-order valence-corrected chi connectivity index (χ0v) is 18.4. The van der Waals surface area contributed by atoms with Crippen molar-refractivity contribution >= 4 is 0 Å². The first-order valence-electron chi connectivity index (χ1n) is 9.80. The minimum atomic E-state index is -0.587. The molecule has 0 amide bonds. The van der Waals surface area contributed by atoms with Crippen LogP contribution in [0.3, 0.4) is 0 Å². The topological polar surface area (TPSA) is 75.6 Å². The minimum absolute atomic E-state index is 0.0669. The van der Waals surface area contributed by atoms with Crippen molar-refractivity contribution in [1.82, 2.24) is 0 Å². The van der Waals surface area contributed by atoms with Crippen LogP contribution in [-0.4, -0.2) is 53.9 Å². The van der Waals surface area contributed by atoms with Gasteiger partial charge < -0.3 is 33.5 Å². The van der Waals surface area contributed by atoms with E-state index in [9.17, 15) is 5.11 Å². The van der Waals surface area contributed by atoms with Gasteiger partial charge in [-0.05, 0) is 48.2 Å². The first-order valence-corrected chi connectivity index (χ1v) is 9.80. The molecule has 1 aliphatic rings. The Morgan fingerprint density at radius 2 is 0.867 bits per heavy atom. The van der Waals surface area contributed by atoms with Crippen LogP contribution in [0.2, 0.25) is 0 Å². The molecule has 30 heavy (non-hydrogen) atoms. The van der Waals surface area contributed by atoms with Gasteiger partial charge in [0, 0.05) is 11.8 Å². The maximum Gasteiger partial charge on any atom is 0.203 e. The minimum Gasteiger partial charge on any atom is -0.493 e. The van der Waals surface area contributed by atoms with Gasteiger partial charge in [-0.3, -0.25) is 0 Å². The van der Waals surface area contributed by atoms with E-state index < -0.39 is 6.10 Å². The van der Waals surface area contributed by atoms with Crippen molar-refractivity contribution in [1.29, 1.82) is 0 Å². The van der Waals surface area contributed by atoms with Gasteiger partial charge in [-0.2, -0.15) is 0 Å². The van der Waals surface area contributed by atoms with E-state index in [0.717, 1.165) is 24.0 Å². The van der Waals surface area contributed by atoms with Crippen molar-refractivity contribution in [2.75, 3.05) is 42.7 Å². The van der Waals surface area contributed by atoms with Crippen LogP contribution in [0, 0.1) is 0 Å². The lowest BCUT2D eigenvalue weighted by Crippen LogP contribution is -2.19. The largest absolute Gasteiger partial charge is 0.493 e. The van der Waals surface area contributed by atoms with Crippen molar-refractivity contribution in [2.24, 2.45) is 0 Å². The number of ether oxygens (including phenoxy) is 6. The molecule has 1 saturated carbocycles. The second kappa shape index (κ2) is 9.34. The molecule has 1 fully saturated rings. The monoisotopic (exact) mass is 418 g/mol. The van der Waals surface area contributed by atoms with E-state index in [1.807, 2.05) is 24.3 Å². The van der Waals surface area contributed by atoms with E-state index in [0.29, 0.717) is 34.5 Å². The molecule has 2 aromatic rings. The summed E-state index contributed by atoms with van der Waals surface area (Å²) in [5.74, 6) is 3.26. The molecule has 7 nitrogen and oxygen atoms in total. The zero-order valence-electron chi connectivity index (χ0n) is 18.4. The van der Waals surface area contributed by atoms with Crippen LogP contribution < -0.4 is 28.4 Å². The van der Waals surface area contributed by atoms with Crippen molar-refractivity contribution in [2.45, 2.75) is 30.8 Å². The third-order valence-corrected chi connectivity index (χ3v) is 5.84. The number of hydrogen-bond donors (Lipinski definition) is 1. The van der Waals surface area contributed by atoms with Gasteiger partial charge in [0.2, 0.25) is 11.5 Å². The van der Waals surface area contributed by atoms with E-state index >= 15 is 0 Å². The Kier molecular flexibility index (Phi) is 6.82. The Morgan fingerprint density at radius 1 is 0.567 bits per heavy atom. The van der Waals surface area contributed by atoms with E-state index in [4.69, 9.17) is 28.4 Å². The van der Waals surface area contributed by atoms with Crippen LogP contribution in [-0.2, 0) is 0 Å². The molecular weight excluding hydrogens is 388 g/mol. The Labute approximate surface area is 177 Å². The van der Waals surface area contributed by atoms with Gasteiger partial charge in [0.05, 0.1) is 48.8 Å². The molecule has 0 radical (unpaired) electrons. The van der Waals surface area contributed by atoms with Gasteiger partial charge in [0.15, 0.2) is 23.0 Å². The van der Waals surface area contributed by atoms with Crippen LogP contribution in [0.1, 0.15) is 35.8 Å². The fourth-order valence-electron chi connectivity index (χ4n) is 4.34. The Morgan fingerprint density at radius 3 is 1.10 bits per heavy atom. The fraction of sp³-hybridized carbons (Fsp3) is 0.478. The summed E-state index contributed by atoms with van der Waals surface area (Å²) in [6.45, 7) is 0. The Balaban J connectivity index is 1.96. The molecule has 3 rings (SSSR count). The molecule has 1 aliphatic carbocycles. The van der Waals surface area contributed by atoms with Crippen molar-refractivity contribution in [3.63, 3.8) is 0 Å². The molecule has 0 aliphatic heterocycles. The maximum absolute atomic E-state index is 11.2. The first kappa shape index (κ1) is 21.9. The van der Waals surface area contributed by atoms with Crippen LogP contribution in [0.5, 0.6) is 34.5 Å². The molecule has 164 valence electrons. The average molecular weight is 418 g/mol. The molecule has 0 aromatic heterocycles. The van der Waals surface area contributed by atoms with Crippen LogP contribution in [0.25, 0.3) is 0 Å². The average Bonchev–Trinajstić information content (AvgIpc) is 3.17. The number of rotatable bonds is 8. The van der Waals surface area contributed by atoms with E-state index in [-0.39, 0.29) is 11.8 Å². The lowest BCUT2D eigenvalue weighted by molar-refractivity contribution is 0.145. The molecule has 0 bridgehead atoms. The predicted octanol–water partition coefficient (Wildman–Crippen LogP) is 3.76. The summed E-state index contributed by atoms with van der Waals surface area (Å²) < 4.78 is 32.7. The number of methoxy groups -OCH3 is 6. The molecule has 0 spiro atoms.